The molecule has 1 aliphatic rings. The first-order valence-electron chi connectivity index (χ1n) is 11.5. The van der Waals surface area contributed by atoms with Crippen LogP contribution in [0.2, 0.25) is 0 Å². The summed E-state index contributed by atoms with van der Waals surface area (Å²) in [5.74, 6) is 2.21. The number of hydrogen-bond acceptors (Lipinski definition) is 4. The van der Waals surface area contributed by atoms with E-state index in [1.807, 2.05) is 60.7 Å². The van der Waals surface area contributed by atoms with Crippen molar-refractivity contribution in [3.63, 3.8) is 0 Å². The van der Waals surface area contributed by atoms with Crippen LogP contribution in [0.3, 0.4) is 0 Å². The van der Waals surface area contributed by atoms with Gasteiger partial charge in [-0.05, 0) is 71.8 Å². The Morgan fingerprint density at radius 2 is 0.886 bits per heavy atom. The van der Waals surface area contributed by atoms with E-state index in [9.17, 15) is 0 Å². The molecular formula is C31H24N2O2. The summed E-state index contributed by atoms with van der Waals surface area (Å²) >= 11 is 0. The van der Waals surface area contributed by atoms with Crippen LogP contribution in [0, 0.1) is 0 Å². The molecule has 0 aliphatic heterocycles. The van der Waals surface area contributed by atoms with Gasteiger partial charge in [-0.15, -0.1) is 0 Å². The average molecular weight is 457 g/mol. The maximum absolute atomic E-state index is 6.92. The fraction of sp³-hybridized carbons (Fsp3) is 0.0323. The largest absolute Gasteiger partial charge is 0.473 e. The van der Waals surface area contributed by atoms with Crippen LogP contribution >= 0.6 is 0 Å². The Hall–Kier alpha value is -4.70. The summed E-state index contributed by atoms with van der Waals surface area (Å²) in [6, 6.07) is 39.9. The number of hydrogen-bond donors (Lipinski definition) is 2. The average Bonchev–Trinajstić information content (AvgIpc) is 3.18. The zero-order chi connectivity index (χ0) is 23.8. The minimum atomic E-state index is -0.816. The number of ether oxygens (including phenoxy) is 2. The van der Waals surface area contributed by atoms with Crippen LogP contribution in [-0.4, -0.2) is 0 Å². The van der Waals surface area contributed by atoms with Gasteiger partial charge in [0.2, 0.25) is 0 Å². The van der Waals surface area contributed by atoms with Gasteiger partial charge in [-0.1, -0.05) is 60.7 Å². The highest BCUT2D eigenvalue weighted by Crippen LogP contribution is 2.53. The summed E-state index contributed by atoms with van der Waals surface area (Å²) in [6.07, 6.45) is 0. The molecule has 4 N–H and O–H groups in total. The number of nitrogens with two attached hydrogens (primary N) is 2. The molecule has 5 aromatic rings. The van der Waals surface area contributed by atoms with Crippen molar-refractivity contribution in [3.8, 4) is 28.4 Å². The van der Waals surface area contributed by atoms with Crippen LogP contribution in [-0.2, 0) is 5.60 Å². The van der Waals surface area contributed by atoms with Crippen LogP contribution in [0.1, 0.15) is 16.7 Å². The van der Waals surface area contributed by atoms with Gasteiger partial charge in [0.05, 0.1) is 0 Å². The van der Waals surface area contributed by atoms with Crippen molar-refractivity contribution in [1.82, 2.24) is 0 Å². The van der Waals surface area contributed by atoms with Gasteiger partial charge in [0.25, 0.3) is 0 Å². The molecular weight excluding hydrogens is 432 g/mol. The van der Waals surface area contributed by atoms with Crippen molar-refractivity contribution >= 4 is 11.4 Å². The van der Waals surface area contributed by atoms with Gasteiger partial charge in [0, 0.05) is 28.1 Å². The summed E-state index contributed by atoms with van der Waals surface area (Å²) < 4.78 is 13.0. The molecule has 0 unspecified atom stereocenters. The van der Waals surface area contributed by atoms with Gasteiger partial charge in [-0.3, -0.25) is 0 Å². The zero-order valence-electron chi connectivity index (χ0n) is 19.0. The molecule has 0 amide bonds. The van der Waals surface area contributed by atoms with E-state index < -0.39 is 5.60 Å². The van der Waals surface area contributed by atoms with Crippen molar-refractivity contribution < 1.29 is 9.47 Å². The lowest BCUT2D eigenvalue weighted by Crippen LogP contribution is -2.34. The topological polar surface area (TPSA) is 70.5 Å². The van der Waals surface area contributed by atoms with E-state index in [4.69, 9.17) is 20.9 Å². The van der Waals surface area contributed by atoms with E-state index in [-0.39, 0.29) is 0 Å². The predicted molar refractivity (Wildman–Crippen MR) is 141 cm³/mol. The van der Waals surface area contributed by atoms with Gasteiger partial charge < -0.3 is 20.9 Å². The molecule has 5 aromatic carbocycles. The maximum Gasteiger partial charge on any atom is 0.185 e. The maximum atomic E-state index is 6.92. The van der Waals surface area contributed by atoms with Gasteiger partial charge in [0.1, 0.15) is 17.2 Å². The Kier molecular flexibility index (Phi) is 4.93. The first kappa shape index (κ1) is 20.9. The fourth-order valence-electron chi connectivity index (χ4n) is 4.82. The van der Waals surface area contributed by atoms with E-state index >= 15 is 0 Å². The Balaban J connectivity index is 1.48. The third-order valence-corrected chi connectivity index (χ3v) is 6.43. The molecule has 0 fully saturated rings. The summed E-state index contributed by atoms with van der Waals surface area (Å²) in [4.78, 5) is 0. The lowest BCUT2D eigenvalue weighted by Gasteiger charge is -2.33. The quantitative estimate of drug-likeness (QED) is 0.280. The number of anilines is 2. The van der Waals surface area contributed by atoms with E-state index in [2.05, 4.69) is 60.7 Å². The molecule has 0 heterocycles. The molecule has 1 aliphatic carbocycles. The van der Waals surface area contributed by atoms with Crippen LogP contribution in [0.5, 0.6) is 17.2 Å². The lowest BCUT2D eigenvalue weighted by atomic mass is 9.83. The monoisotopic (exact) mass is 456 g/mol. The molecule has 0 spiro atoms. The lowest BCUT2D eigenvalue weighted by molar-refractivity contribution is 0.160. The molecule has 0 bridgehead atoms. The molecule has 0 saturated carbocycles. The fourth-order valence-corrected chi connectivity index (χ4v) is 4.82. The number of fused-ring (bicyclic) bond motifs is 3. The van der Waals surface area contributed by atoms with E-state index in [0.717, 1.165) is 33.9 Å². The molecule has 170 valence electrons. The van der Waals surface area contributed by atoms with Crippen LogP contribution < -0.4 is 20.9 Å². The summed E-state index contributed by atoms with van der Waals surface area (Å²) in [5, 5.41) is 0. The van der Waals surface area contributed by atoms with Crippen molar-refractivity contribution in [2.24, 2.45) is 0 Å². The van der Waals surface area contributed by atoms with Gasteiger partial charge >= 0.3 is 0 Å². The number of nitrogen functional groups attached to an aromatic ring is 2. The standard InChI is InChI=1S/C31H24N2O2/c32-22-11-17-25(18-12-22)34-24-15-9-21(10-16-24)31(35-26-19-13-23(33)14-20-26)29-7-3-1-5-27(29)28-6-2-4-8-30(28)31/h1-20H,32-33H2. The molecule has 0 aromatic heterocycles. The molecule has 0 atom stereocenters. The van der Waals surface area contributed by atoms with Gasteiger partial charge in [-0.25, -0.2) is 0 Å². The molecule has 0 radical (unpaired) electrons. The second-order valence-electron chi connectivity index (χ2n) is 8.64. The molecule has 6 rings (SSSR count). The minimum absolute atomic E-state index is 0.697. The SMILES string of the molecule is Nc1ccc(Oc2ccc(C3(Oc4ccc(N)cc4)c4ccccc4-c4ccccc43)cc2)cc1. The molecule has 4 heteroatoms. The second kappa shape index (κ2) is 8.26. The molecule has 35 heavy (non-hydrogen) atoms. The van der Waals surface area contributed by atoms with Crippen LogP contribution in [0.4, 0.5) is 11.4 Å². The highest BCUT2D eigenvalue weighted by atomic mass is 16.5. The summed E-state index contributed by atoms with van der Waals surface area (Å²) in [5.41, 5.74) is 17.9. The summed E-state index contributed by atoms with van der Waals surface area (Å²) in [6.45, 7) is 0. The van der Waals surface area contributed by atoms with Crippen LogP contribution in [0.25, 0.3) is 11.1 Å². The highest BCUT2D eigenvalue weighted by molar-refractivity contribution is 5.82. The minimum Gasteiger partial charge on any atom is -0.473 e. The Bertz CT molecular complexity index is 1450. The Morgan fingerprint density at radius 3 is 1.40 bits per heavy atom. The smallest absolute Gasteiger partial charge is 0.185 e. The van der Waals surface area contributed by atoms with Gasteiger partial charge in [-0.2, -0.15) is 0 Å². The van der Waals surface area contributed by atoms with Crippen molar-refractivity contribution in [2.45, 2.75) is 5.60 Å². The van der Waals surface area contributed by atoms with Crippen LogP contribution in [0.15, 0.2) is 121 Å². The Labute approximate surface area is 204 Å². The van der Waals surface area contributed by atoms with Crippen molar-refractivity contribution in [1.29, 1.82) is 0 Å². The summed E-state index contributed by atoms with van der Waals surface area (Å²) in [7, 11) is 0. The first-order chi connectivity index (χ1) is 17.1. The number of rotatable bonds is 5. The first-order valence-corrected chi connectivity index (χ1v) is 11.5. The third kappa shape index (κ3) is 3.56. The third-order valence-electron chi connectivity index (χ3n) is 6.43. The second-order valence-corrected chi connectivity index (χ2v) is 8.64. The molecule has 0 saturated heterocycles. The van der Waals surface area contributed by atoms with Crippen molar-refractivity contribution in [2.75, 3.05) is 11.5 Å². The van der Waals surface area contributed by atoms with E-state index in [1.54, 1.807) is 0 Å². The predicted octanol–water partition coefficient (Wildman–Crippen LogP) is 6.99. The molecule has 4 nitrogen and oxygen atoms in total. The van der Waals surface area contributed by atoms with Crippen molar-refractivity contribution in [3.05, 3.63) is 138 Å². The normalized spacial score (nSPS) is 13.0. The Morgan fingerprint density at radius 1 is 0.457 bits per heavy atom. The van der Waals surface area contributed by atoms with Gasteiger partial charge in [0.15, 0.2) is 5.60 Å². The van der Waals surface area contributed by atoms with E-state index in [0.29, 0.717) is 11.4 Å². The number of benzene rings is 5. The van der Waals surface area contributed by atoms with E-state index in [1.165, 1.54) is 11.1 Å². The zero-order valence-corrected chi connectivity index (χ0v) is 19.0. The highest BCUT2D eigenvalue weighted by Gasteiger charge is 2.47.